The summed E-state index contributed by atoms with van der Waals surface area (Å²) in [7, 11) is 0. The molecule has 0 N–H and O–H groups in total. The predicted molar refractivity (Wildman–Crippen MR) is 76.7 cm³/mol. The maximum atomic E-state index is 12.6. The summed E-state index contributed by atoms with van der Waals surface area (Å²) in [5.41, 5.74) is -0.437. The smallest absolute Gasteiger partial charge is 0.319 e. The number of carbonyl (C=O) groups excluding carboxylic acids is 2. The van der Waals surface area contributed by atoms with E-state index >= 15 is 0 Å². The minimum atomic E-state index is -0.730. The summed E-state index contributed by atoms with van der Waals surface area (Å²) in [6.07, 6.45) is 0. The van der Waals surface area contributed by atoms with E-state index in [9.17, 15) is 9.59 Å². The molecule has 0 aromatic carbocycles. The van der Waals surface area contributed by atoms with Gasteiger partial charge < -0.3 is 9.64 Å². The van der Waals surface area contributed by atoms with Crippen LogP contribution in [0.5, 0.6) is 0 Å². The fourth-order valence-electron chi connectivity index (χ4n) is 2.05. The van der Waals surface area contributed by atoms with Crippen LogP contribution in [0, 0.1) is 17.3 Å². The normalized spacial score (nSPS) is 13.3. The van der Waals surface area contributed by atoms with E-state index in [0.29, 0.717) is 25.6 Å². The predicted octanol–water partition coefficient (Wildman–Crippen LogP) is 2.72. The second-order valence-corrected chi connectivity index (χ2v) is 6.32. The van der Waals surface area contributed by atoms with Gasteiger partial charge >= 0.3 is 5.97 Å². The molecule has 0 aliphatic heterocycles. The Hall–Kier alpha value is -1.06. The van der Waals surface area contributed by atoms with Gasteiger partial charge in [0, 0.05) is 13.1 Å². The van der Waals surface area contributed by atoms with Gasteiger partial charge in [0.1, 0.15) is 5.92 Å². The average Bonchev–Trinajstić information content (AvgIpc) is 2.23. The Morgan fingerprint density at radius 1 is 1.16 bits per heavy atom. The molecule has 0 aliphatic rings. The molecule has 0 aromatic heterocycles. The van der Waals surface area contributed by atoms with Gasteiger partial charge in [0.05, 0.1) is 6.61 Å². The Labute approximate surface area is 117 Å². The fraction of sp³-hybridized carbons (Fsp3) is 0.867. The standard InChI is InChI=1S/C15H29NO3/c1-8-16(10-11(3)4)13(17)12(15(5,6)7)14(18)19-9-2/h11-12H,8-10H2,1-7H3. The molecule has 0 fully saturated rings. The van der Waals surface area contributed by atoms with E-state index < -0.39 is 17.3 Å². The minimum Gasteiger partial charge on any atom is -0.465 e. The van der Waals surface area contributed by atoms with Crippen molar-refractivity contribution in [2.24, 2.45) is 17.3 Å². The lowest BCUT2D eigenvalue weighted by Gasteiger charge is -2.33. The molecule has 4 heteroatoms. The van der Waals surface area contributed by atoms with E-state index in [1.54, 1.807) is 11.8 Å². The van der Waals surface area contributed by atoms with Crippen LogP contribution in [-0.2, 0) is 14.3 Å². The van der Waals surface area contributed by atoms with Crippen molar-refractivity contribution < 1.29 is 14.3 Å². The highest BCUT2D eigenvalue weighted by atomic mass is 16.5. The number of amides is 1. The van der Waals surface area contributed by atoms with Crippen LogP contribution >= 0.6 is 0 Å². The van der Waals surface area contributed by atoms with E-state index in [1.807, 2.05) is 27.7 Å². The van der Waals surface area contributed by atoms with Crippen molar-refractivity contribution in [2.45, 2.75) is 48.5 Å². The van der Waals surface area contributed by atoms with Crippen LogP contribution in [-0.4, -0.2) is 36.5 Å². The van der Waals surface area contributed by atoms with Gasteiger partial charge in [-0.05, 0) is 25.2 Å². The number of rotatable bonds is 6. The molecule has 0 aliphatic carbocycles. The summed E-state index contributed by atoms with van der Waals surface area (Å²) in [6.45, 7) is 15.1. The third kappa shape index (κ3) is 5.62. The van der Waals surface area contributed by atoms with Gasteiger partial charge in [-0.15, -0.1) is 0 Å². The lowest BCUT2D eigenvalue weighted by atomic mass is 9.79. The van der Waals surface area contributed by atoms with Crippen molar-refractivity contribution in [1.82, 2.24) is 4.90 Å². The number of hydrogen-bond donors (Lipinski definition) is 0. The first-order chi connectivity index (χ1) is 8.65. The van der Waals surface area contributed by atoms with Gasteiger partial charge in [-0.25, -0.2) is 0 Å². The molecule has 0 radical (unpaired) electrons. The number of ether oxygens (including phenoxy) is 1. The average molecular weight is 271 g/mol. The maximum absolute atomic E-state index is 12.6. The van der Waals surface area contributed by atoms with Crippen LogP contribution in [0.1, 0.15) is 48.5 Å². The maximum Gasteiger partial charge on any atom is 0.319 e. The Morgan fingerprint density at radius 2 is 1.68 bits per heavy atom. The van der Waals surface area contributed by atoms with Gasteiger partial charge in [-0.1, -0.05) is 34.6 Å². The Bertz CT molecular complexity index is 305. The van der Waals surface area contributed by atoms with Crippen LogP contribution in [0.2, 0.25) is 0 Å². The Morgan fingerprint density at radius 3 is 2.00 bits per heavy atom. The van der Waals surface area contributed by atoms with Crippen molar-refractivity contribution in [2.75, 3.05) is 19.7 Å². The molecule has 1 amide bonds. The van der Waals surface area contributed by atoms with E-state index in [-0.39, 0.29) is 5.91 Å². The van der Waals surface area contributed by atoms with E-state index in [0.717, 1.165) is 0 Å². The number of carbonyl (C=O) groups is 2. The number of nitrogens with zero attached hydrogens (tertiary/aromatic N) is 1. The molecule has 0 spiro atoms. The zero-order valence-electron chi connectivity index (χ0n) is 13.4. The van der Waals surface area contributed by atoms with E-state index in [4.69, 9.17) is 4.74 Å². The molecule has 1 unspecified atom stereocenters. The van der Waals surface area contributed by atoms with E-state index in [2.05, 4.69) is 13.8 Å². The topological polar surface area (TPSA) is 46.6 Å². The molecular weight excluding hydrogens is 242 g/mol. The number of hydrogen-bond acceptors (Lipinski definition) is 3. The van der Waals surface area contributed by atoms with Gasteiger partial charge in [0.15, 0.2) is 0 Å². The van der Waals surface area contributed by atoms with E-state index in [1.165, 1.54) is 0 Å². The second kappa shape index (κ2) is 7.51. The highest BCUT2D eigenvalue weighted by molar-refractivity contribution is 5.98. The summed E-state index contributed by atoms with van der Waals surface area (Å²) in [5, 5.41) is 0. The van der Waals surface area contributed by atoms with Crippen LogP contribution in [0.4, 0.5) is 0 Å². The largest absolute Gasteiger partial charge is 0.465 e. The molecular formula is C15H29NO3. The van der Waals surface area contributed by atoms with Crippen LogP contribution < -0.4 is 0 Å². The first-order valence-corrected chi connectivity index (χ1v) is 7.10. The lowest BCUT2D eigenvalue weighted by molar-refractivity contribution is -0.160. The molecule has 0 saturated carbocycles. The Balaban J connectivity index is 5.14. The highest BCUT2D eigenvalue weighted by Crippen LogP contribution is 2.29. The van der Waals surface area contributed by atoms with Crippen LogP contribution in [0.3, 0.4) is 0 Å². The fourth-order valence-corrected chi connectivity index (χ4v) is 2.05. The first kappa shape index (κ1) is 17.9. The zero-order valence-corrected chi connectivity index (χ0v) is 13.4. The molecule has 0 aromatic rings. The molecule has 19 heavy (non-hydrogen) atoms. The van der Waals surface area contributed by atoms with Crippen molar-refractivity contribution in [1.29, 1.82) is 0 Å². The molecule has 0 bridgehead atoms. The highest BCUT2D eigenvalue weighted by Gasteiger charge is 2.40. The summed E-state index contributed by atoms with van der Waals surface area (Å²) >= 11 is 0. The monoisotopic (exact) mass is 271 g/mol. The van der Waals surface area contributed by atoms with Crippen molar-refractivity contribution >= 4 is 11.9 Å². The van der Waals surface area contributed by atoms with Gasteiger partial charge in [-0.3, -0.25) is 9.59 Å². The SMILES string of the molecule is CCOC(=O)C(C(=O)N(CC)CC(C)C)C(C)(C)C. The first-order valence-electron chi connectivity index (χ1n) is 7.10. The summed E-state index contributed by atoms with van der Waals surface area (Å²) in [6, 6.07) is 0. The van der Waals surface area contributed by atoms with Crippen LogP contribution in [0.15, 0.2) is 0 Å². The summed E-state index contributed by atoms with van der Waals surface area (Å²) < 4.78 is 5.06. The zero-order chi connectivity index (χ0) is 15.2. The van der Waals surface area contributed by atoms with Crippen molar-refractivity contribution in [3.05, 3.63) is 0 Å². The second-order valence-electron chi connectivity index (χ2n) is 6.32. The Kier molecular flexibility index (Phi) is 7.09. The van der Waals surface area contributed by atoms with Crippen molar-refractivity contribution in [3.8, 4) is 0 Å². The third-order valence-corrected chi connectivity index (χ3v) is 2.91. The van der Waals surface area contributed by atoms with Gasteiger partial charge in [0.25, 0.3) is 0 Å². The molecule has 4 nitrogen and oxygen atoms in total. The lowest BCUT2D eigenvalue weighted by Crippen LogP contribution is -2.46. The van der Waals surface area contributed by atoms with Crippen LogP contribution in [0.25, 0.3) is 0 Å². The number of esters is 1. The molecule has 1 atom stereocenters. The third-order valence-electron chi connectivity index (χ3n) is 2.91. The van der Waals surface area contributed by atoms with Crippen molar-refractivity contribution in [3.63, 3.8) is 0 Å². The molecule has 0 rings (SSSR count). The van der Waals surface area contributed by atoms with Gasteiger partial charge in [0.2, 0.25) is 5.91 Å². The molecule has 0 heterocycles. The minimum absolute atomic E-state index is 0.123. The molecule has 112 valence electrons. The quantitative estimate of drug-likeness (QED) is 0.551. The summed E-state index contributed by atoms with van der Waals surface area (Å²) in [4.78, 5) is 26.4. The summed E-state index contributed by atoms with van der Waals surface area (Å²) in [5.74, 6) is -0.887. The molecule has 0 saturated heterocycles. The van der Waals surface area contributed by atoms with Gasteiger partial charge in [-0.2, -0.15) is 0 Å².